The van der Waals surface area contributed by atoms with Crippen LogP contribution in [0.5, 0.6) is 0 Å². The molecule has 396 valence electrons. The normalized spacial score (nSPS) is 36.9. The molecule has 2 fully saturated rings. The molecule has 5 N–H and O–H groups in total. The van der Waals surface area contributed by atoms with Crippen molar-refractivity contribution in [3.05, 3.63) is 59.7 Å². The number of aliphatic hydroxyl groups excluding tert-OH is 4. The largest absolute Gasteiger partial charge is 0.462 e. The van der Waals surface area contributed by atoms with Gasteiger partial charge in [-0.1, -0.05) is 56.7 Å². The van der Waals surface area contributed by atoms with Crippen molar-refractivity contribution in [3.63, 3.8) is 0 Å². The van der Waals surface area contributed by atoms with Crippen LogP contribution in [0.2, 0.25) is 0 Å². The van der Waals surface area contributed by atoms with Crippen molar-refractivity contribution >= 4 is 23.6 Å². The number of hydrogen-bond acceptors (Lipinski definition) is 16. The molecule has 0 aliphatic carbocycles. The van der Waals surface area contributed by atoms with Gasteiger partial charge >= 0.3 is 5.97 Å². The van der Waals surface area contributed by atoms with E-state index in [2.05, 4.69) is 5.32 Å². The highest BCUT2D eigenvalue weighted by Crippen LogP contribution is 2.37. The number of aliphatic hydroxyl groups is 4. The minimum Gasteiger partial charge on any atom is -0.462 e. The summed E-state index contributed by atoms with van der Waals surface area (Å²) in [6, 6.07) is 6.55. The Morgan fingerprint density at radius 2 is 1.47 bits per heavy atom. The van der Waals surface area contributed by atoms with E-state index in [0.29, 0.717) is 17.6 Å². The maximum Gasteiger partial charge on any atom is 0.308 e. The Morgan fingerprint density at radius 1 is 0.857 bits per heavy atom. The van der Waals surface area contributed by atoms with Gasteiger partial charge in [-0.3, -0.25) is 19.2 Å². The molecule has 2 amide bonds. The Labute approximate surface area is 415 Å². The van der Waals surface area contributed by atoms with E-state index in [4.69, 9.17) is 33.2 Å². The lowest BCUT2D eigenvalue weighted by Crippen LogP contribution is -2.63. The van der Waals surface area contributed by atoms with Gasteiger partial charge in [-0.05, 0) is 99.0 Å². The molecule has 1 unspecified atom stereocenters. The summed E-state index contributed by atoms with van der Waals surface area (Å²) in [5.41, 5.74) is 0.291. The Hall–Kier alpha value is -3.66. The number of nitrogens with zero attached hydrogens (tertiary/aromatic N) is 2. The second kappa shape index (κ2) is 26.3. The lowest BCUT2D eigenvalue weighted by Gasteiger charge is -2.47. The average Bonchev–Trinajstić information content (AvgIpc) is 3.30. The monoisotopic (exact) mass is 990 g/mol. The number of benzene rings is 1. The summed E-state index contributed by atoms with van der Waals surface area (Å²) in [6.45, 7) is 15.8. The summed E-state index contributed by atoms with van der Waals surface area (Å²) in [7, 11) is 7.87. The predicted octanol–water partition coefficient (Wildman–Crippen LogP) is 3.42. The zero-order chi connectivity index (χ0) is 52.4. The minimum atomic E-state index is -1.45. The Balaban J connectivity index is 1.83. The van der Waals surface area contributed by atoms with Crippen LogP contribution in [0.1, 0.15) is 98.4 Å². The van der Waals surface area contributed by atoms with E-state index in [-0.39, 0.29) is 25.2 Å². The number of cyclic esters (lactones) is 1. The van der Waals surface area contributed by atoms with Gasteiger partial charge < -0.3 is 68.7 Å². The number of allylic oxidation sites excluding steroid dienone is 3. The zero-order valence-corrected chi connectivity index (χ0v) is 43.7. The molecule has 18 nitrogen and oxygen atoms in total. The van der Waals surface area contributed by atoms with E-state index < -0.39 is 139 Å². The second-order valence-electron chi connectivity index (χ2n) is 20.7. The topological polar surface area (TPSA) is 232 Å². The van der Waals surface area contributed by atoms with E-state index in [1.807, 2.05) is 33.8 Å². The summed E-state index contributed by atoms with van der Waals surface area (Å²) < 4.78 is 42.7. The fourth-order valence-corrected chi connectivity index (χ4v) is 9.74. The number of nitrogens with one attached hydrogen (secondary N) is 1. The molecule has 3 aliphatic heterocycles. The fraction of sp³-hybridized carbons (Fsp3) is 0.731. The molecule has 18 heteroatoms. The number of ether oxygens (including phenoxy) is 7. The summed E-state index contributed by atoms with van der Waals surface area (Å²) in [4.78, 5) is 60.0. The predicted molar refractivity (Wildman–Crippen MR) is 260 cm³/mol. The van der Waals surface area contributed by atoms with Gasteiger partial charge in [0.15, 0.2) is 18.4 Å². The molecule has 0 saturated carbocycles. The average molecular weight is 990 g/mol. The molecule has 70 heavy (non-hydrogen) atoms. The van der Waals surface area contributed by atoms with Crippen LogP contribution in [-0.2, 0) is 47.5 Å². The van der Waals surface area contributed by atoms with Gasteiger partial charge in [-0.25, -0.2) is 0 Å². The molecule has 0 aromatic heterocycles. The summed E-state index contributed by atoms with van der Waals surface area (Å²) in [5.74, 6) is -4.97. The third-order valence-electron chi connectivity index (χ3n) is 13.8. The standard InChI is InChI=1S/C52H83N3O15/c1-15-39-35(27-66-51-47(65-14)46(64-13)43(60)32(6)68-51)23-28(2)21-22-37(56)29(3)24-34(25-36(48(62)53-52(7,8)9)55(12)49(63)33-19-17-16-18-20-33)45(30(4)38(57)26-40(58)69-39)70-50-44(61)41(54(10)11)42(59)31(5)67-50/h16-23,29-32,34-36,38-39,41-47,50-51,57,59-61H,15,24-27H2,1-14H3,(H,53,62)/b22-21+,28-23+/t29-,30+,31-,32+,34-,35-,36?,38-,39-,41+,42-,43+,44-,45-,46+,47+,50+,51+/m1/s1. The van der Waals surface area contributed by atoms with Crippen LogP contribution in [-0.4, -0.2) is 187 Å². The van der Waals surface area contributed by atoms with Gasteiger partial charge in [0.05, 0.1) is 49.6 Å². The third-order valence-corrected chi connectivity index (χ3v) is 13.8. The highest BCUT2D eigenvalue weighted by molar-refractivity contribution is 5.97. The number of carbonyl (C=O) groups excluding carboxylic acids is 4. The molecule has 1 aromatic rings. The molecule has 18 atom stereocenters. The maximum absolute atomic E-state index is 14.5. The first-order chi connectivity index (χ1) is 32.8. The second-order valence-corrected chi connectivity index (χ2v) is 20.7. The quantitative estimate of drug-likeness (QED) is 0.168. The van der Waals surface area contributed by atoms with Crippen LogP contribution in [0.4, 0.5) is 0 Å². The summed E-state index contributed by atoms with van der Waals surface area (Å²) >= 11 is 0. The molecule has 1 aromatic carbocycles. The number of rotatable bonds is 14. The van der Waals surface area contributed by atoms with E-state index in [9.17, 15) is 39.6 Å². The Morgan fingerprint density at radius 3 is 2.06 bits per heavy atom. The first kappa shape index (κ1) is 58.9. The minimum absolute atomic E-state index is 0.0302. The number of hydrogen-bond donors (Lipinski definition) is 5. The van der Waals surface area contributed by atoms with Crippen molar-refractivity contribution in [2.75, 3.05) is 42.0 Å². The first-order valence-electron chi connectivity index (χ1n) is 24.6. The Kier molecular flexibility index (Phi) is 22.2. The number of amides is 2. The van der Waals surface area contributed by atoms with Crippen molar-refractivity contribution in [1.29, 1.82) is 0 Å². The summed E-state index contributed by atoms with van der Waals surface area (Å²) in [6.07, 6.45) is -7.41. The zero-order valence-electron chi connectivity index (χ0n) is 43.7. The van der Waals surface area contributed by atoms with Crippen molar-refractivity contribution in [2.45, 2.75) is 179 Å². The number of methoxy groups -OCH3 is 2. The van der Waals surface area contributed by atoms with Gasteiger partial charge in [0.1, 0.15) is 36.6 Å². The van der Waals surface area contributed by atoms with E-state index in [0.717, 1.165) is 0 Å². The molecule has 0 bridgehead atoms. The third kappa shape index (κ3) is 15.4. The molecule has 2 saturated heterocycles. The first-order valence-corrected chi connectivity index (χ1v) is 24.6. The number of carbonyl (C=O) groups is 4. The Bertz CT molecular complexity index is 1910. The highest BCUT2D eigenvalue weighted by Gasteiger charge is 2.49. The molecular weight excluding hydrogens is 907 g/mol. The van der Waals surface area contributed by atoms with Crippen LogP contribution in [0.15, 0.2) is 54.1 Å². The number of likely N-dealkylation sites (N-methyl/N-ethyl adjacent to an activating group) is 2. The smallest absolute Gasteiger partial charge is 0.308 e. The lowest BCUT2D eigenvalue weighted by atomic mass is 9.77. The number of esters is 1. The van der Waals surface area contributed by atoms with Gasteiger partial charge in [-0.15, -0.1) is 0 Å². The van der Waals surface area contributed by atoms with Crippen molar-refractivity contribution in [2.24, 2.45) is 23.7 Å². The molecule has 3 aliphatic rings. The van der Waals surface area contributed by atoms with Crippen LogP contribution < -0.4 is 5.32 Å². The molecule has 4 rings (SSSR count). The van der Waals surface area contributed by atoms with Crippen molar-refractivity contribution in [1.82, 2.24) is 15.1 Å². The van der Waals surface area contributed by atoms with Gasteiger partial charge in [0.2, 0.25) is 5.91 Å². The lowest BCUT2D eigenvalue weighted by molar-refractivity contribution is -0.304. The van der Waals surface area contributed by atoms with Crippen LogP contribution in [0.25, 0.3) is 0 Å². The van der Waals surface area contributed by atoms with E-state index in [1.165, 1.54) is 32.2 Å². The van der Waals surface area contributed by atoms with Gasteiger partial charge in [0.25, 0.3) is 5.91 Å². The van der Waals surface area contributed by atoms with E-state index >= 15 is 0 Å². The van der Waals surface area contributed by atoms with Crippen molar-refractivity contribution < 1.29 is 72.8 Å². The SMILES string of the molecule is CC[C@H]1OC(=O)C[C@@H](O)[C@H](C)[C@@H](O[C@@H]2O[C@H](C)[C@@H](O)[C@H](N(C)C)[C@H]2O)[C@@H](CC(C(=O)NC(C)(C)C)N(C)C(=O)c2ccccc2)C[C@@H](C)C(=O)/C=C/C(C)=C/[C@@H]1CO[C@H]1O[C@@H](C)[C@H](O)[C@H](OC)[C@@H]1OC. The van der Waals surface area contributed by atoms with Crippen molar-refractivity contribution in [3.8, 4) is 0 Å². The van der Waals surface area contributed by atoms with Gasteiger partial charge in [0, 0.05) is 50.1 Å². The van der Waals surface area contributed by atoms with Crippen LogP contribution in [0, 0.1) is 23.7 Å². The van der Waals surface area contributed by atoms with Crippen LogP contribution in [0.3, 0.4) is 0 Å². The van der Waals surface area contributed by atoms with Gasteiger partial charge in [-0.2, -0.15) is 0 Å². The fourth-order valence-electron chi connectivity index (χ4n) is 9.74. The van der Waals surface area contributed by atoms with Crippen LogP contribution >= 0.6 is 0 Å². The highest BCUT2D eigenvalue weighted by atomic mass is 16.7. The molecular formula is C52H83N3O15. The summed E-state index contributed by atoms with van der Waals surface area (Å²) in [5, 5.41) is 48.9. The maximum atomic E-state index is 14.5. The molecule has 0 spiro atoms. The number of ketones is 1. The molecule has 0 radical (unpaired) electrons. The molecule has 3 heterocycles. The van der Waals surface area contributed by atoms with E-state index in [1.54, 1.807) is 90.0 Å².